The lowest BCUT2D eigenvalue weighted by atomic mass is 10.2. The van der Waals surface area contributed by atoms with Crippen LogP contribution in [0.4, 0.5) is 11.4 Å². The van der Waals surface area contributed by atoms with Gasteiger partial charge in [-0.15, -0.1) is 10.2 Å². The molecule has 4 rings (SSSR count). The average molecular weight is 524 g/mol. The number of carbonyl (C=O) groups is 1. The van der Waals surface area contributed by atoms with Gasteiger partial charge in [0.15, 0.2) is 4.64 Å². The topological polar surface area (TPSA) is 116 Å². The maximum atomic E-state index is 13.1. The normalized spacial score (nSPS) is 11.2. The maximum absolute atomic E-state index is 13.1. The number of hydrogen-bond donors (Lipinski definition) is 1. The quantitative estimate of drug-likeness (QED) is 0.218. The van der Waals surface area contributed by atoms with Crippen molar-refractivity contribution in [2.24, 2.45) is 5.10 Å². The minimum Gasteiger partial charge on any atom is -0.414 e. The fourth-order valence-electron chi connectivity index (χ4n) is 2.80. The molecule has 0 spiro atoms. The molecule has 33 heavy (non-hydrogen) atoms. The predicted molar refractivity (Wildman–Crippen MR) is 127 cm³/mol. The van der Waals surface area contributed by atoms with E-state index in [1.807, 2.05) is 6.07 Å². The summed E-state index contributed by atoms with van der Waals surface area (Å²) in [6, 6.07) is 21.4. The molecule has 0 aliphatic rings. The number of hydrogen-bond acceptors (Lipinski definition) is 8. The molecule has 9 nitrogen and oxygen atoms in total. The van der Waals surface area contributed by atoms with Gasteiger partial charge in [-0.05, 0) is 42.5 Å². The highest BCUT2D eigenvalue weighted by molar-refractivity contribution is 9.10. The highest BCUT2D eigenvalue weighted by atomic mass is 79.9. The van der Waals surface area contributed by atoms with Crippen LogP contribution >= 0.6 is 28.1 Å². The molecule has 0 radical (unpaired) electrons. The van der Waals surface area contributed by atoms with Crippen LogP contribution in [0, 0.1) is 14.8 Å². The Morgan fingerprint density at radius 2 is 1.82 bits per heavy atom. The number of non-ortho nitro benzene ring substituents is 1. The molecule has 0 aliphatic heterocycles. The number of halogens is 1. The van der Waals surface area contributed by atoms with Gasteiger partial charge in [-0.25, -0.2) is 0 Å². The summed E-state index contributed by atoms with van der Waals surface area (Å²) in [6.07, 6.45) is 0. The number of carbonyl (C=O) groups excluding carboxylic acids is 1. The van der Waals surface area contributed by atoms with Crippen molar-refractivity contribution in [2.45, 2.75) is 0 Å². The molecule has 0 saturated heterocycles. The zero-order valence-corrected chi connectivity index (χ0v) is 19.1. The zero-order chi connectivity index (χ0) is 23.4. The molecule has 1 N–H and O–H groups in total. The number of anilines is 1. The molecule has 164 valence electrons. The molecule has 0 bridgehead atoms. The second-order valence-corrected chi connectivity index (χ2v) is 7.94. The van der Waals surface area contributed by atoms with E-state index < -0.39 is 10.8 Å². The van der Waals surface area contributed by atoms with E-state index in [2.05, 4.69) is 31.6 Å². The number of aromatic nitrogens is 2. The smallest absolute Gasteiger partial charge is 0.279 e. The summed E-state index contributed by atoms with van der Waals surface area (Å²) in [5.74, 6) is -0.321. The molecular weight excluding hydrogens is 510 g/mol. The van der Waals surface area contributed by atoms with Gasteiger partial charge in [0.2, 0.25) is 5.89 Å². The van der Waals surface area contributed by atoms with Crippen molar-refractivity contribution >= 4 is 45.4 Å². The van der Waals surface area contributed by atoms with Crippen LogP contribution in [0.3, 0.4) is 0 Å². The van der Waals surface area contributed by atoms with Gasteiger partial charge in [-0.1, -0.05) is 52.4 Å². The van der Waals surface area contributed by atoms with Gasteiger partial charge in [0.05, 0.1) is 10.6 Å². The molecule has 0 saturated carbocycles. The van der Waals surface area contributed by atoms with E-state index in [0.29, 0.717) is 16.8 Å². The van der Waals surface area contributed by atoms with Crippen LogP contribution in [0.2, 0.25) is 0 Å². The Kier molecular flexibility index (Phi) is 6.52. The predicted octanol–water partition coefficient (Wildman–Crippen LogP) is 5.16. The van der Waals surface area contributed by atoms with Gasteiger partial charge in [0, 0.05) is 27.7 Å². The molecule has 0 unspecified atom stereocenters. The van der Waals surface area contributed by atoms with Crippen molar-refractivity contribution in [3.8, 4) is 11.5 Å². The van der Waals surface area contributed by atoms with Crippen molar-refractivity contribution in [2.75, 3.05) is 5.43 Å². The second-order valence-electron chi connectivity index (χ2n) is 6.64. The highest BCUT2D eigenvalue weighted by Crippen LogP contribution is 2.20. The summed E-state index contributed by atoms with van der Waals surface area (Å²) in [7, 11) is 0. The van der Waals surface area contributed by atoms with Gasteiger partial charge >= 0.3 is 0 Å². The third kappa shape index (κ3) is 5.10. The van der Waals surface area contributed by atoms with Crippen molar-refractivity contribution in [1.82, 2.24) is 9.78 Å². The first kappa shape index (κ1) is 22.2. The van der Waals surface area contributed by atoms with E-state index in [1.165, 1.54) is 24.3 Å². The monoisotopic (exact) mass is 523 g/mol. The van der Waals surface area contributed by atoms with Crippen molar-refractivity contribution in [3.05, 3.63) is 109 Å². The van der Waals surface area contributed by atoms with Crippen LogP contribution in [0.25, 0.3) is 11.5 Å². The molecule has 1 heterocycles. The molecular formula is C22H14BrN5O4S. The molecule has 0 amide bonds. The fraction of sp³-hybridized carbons (Fsp3) is 0. The number of nitro benzene ring substituents is 1. The molecule has 0 fully saturated rings. The van der Waals surface area contributed by atoms with Gasteiger partial charge in [0.25, 0.3) is 17.1 Å². The Balaban J connectivity index is 1.82. The summed E-state index contributed by atoms with van der Waals surface area (Å²) in [5.41, 5.74) is 4.09. The molecule has 11 heteroatoms. The van der Waals surface area contributed by atoms with Crippen LogP contribution in [0.15, 0.2) is 92.9 Å². The van der Waals surface area contributed by atoms with Crippen molar-refractivity contribution < 1.29 is 14.1 Å². The summed E-state index contributed by atoms with van der Waals surface area (Å²) in [5, 5.41) is 19.3. The first-order valence-electron chi connectivity index (χ1n) is 9.47. The number of nitrogens with one attached hydrogen (secondary N) is 1. The summed E-state index contributed by atoms with van der Waals surface area (Å²) in [4.78, 5) is 23.4. The third-order valence-corrected chi connectivity index (χ3v) is 5.25. The molecule has 1 aromatic heterocycles. The Bertz CT molecular complexity index is 1470. The van der Waals surface area contributed by atoms with Crippen LogP contribution in [0.5, 0.6) is 0 Å². The van der Waals surface area contributed by atoms with E-state index in [-0.39, 0.29) is 21.8 Å². The lowest BCUT2D eigenvalue weighted by Crippen LogP contribution is -2.24. The summed E-state index contributed by atoms with van der Waals surface area (Å²) in [6.45, 7) is 0. The van der Waals surface area contributed by atoms with E-state index in [1.54, 1.807) is 48.5 Å². The third-order valence-electron chi connectivity index (χ3n) is 4.41. The molecule has 4 aromatic rings. The van der Waals surface area contributed by atoms with Crippen molar-refractivity contribution in [1.29, 1.82) is 0 Å². The highest BCUT2D eigenvalue weighted by Gasteiger charge is 2.15. The minimum absolute atomic E-state index is 0.0444. The average Bonchev–Trinajstić information content (AvgIpc) is 2.83. The molecule has 0 aliphatic carbocycles. The lowest BCUT2D eigenvalue weighted by Gasteiger charge is -2.08. The molecule has 3 aromatic carbocycles. The largest absolute Gasteiger partial charge is 0.414 e. The molecule has 0 atom stereocenters. The van der Waals surface area contributed by atoms with E-state index in [9.17, 15) is 14.9 Å². The summed E-state index contributed by atoms with van der Waals surface area (Å²) >= 11 is 8.83. The first-order valence-corrected chi connectivity index (χ1v) is 10.7. The number of nitrogens with zero attached hydrogens (tertiary/aromatic N) is 4. The SMILES string of the molecule is O=C(c1ccccc1)n1nc(-c2cccc(Br)c2)o/c(=N\Nc2ccc([N+](=O)[O-])cc2)c1=S. The second kappa shape index (κ2) is 9.67. The van der Waals surface area contributed by atoms with E-state index >= 15 is 0 Å². The van der Waals surface area contributed by atoms with Gasteiger partial charge in [-0.3, -0.25) is 20.3 Å². The number of nitro groups is 1. The Morgan fingerprint density at radius 3 is 2.48 bits per heavy atom. The summed E-state index contributed by atoms with van der Waals surface area (Å²) < 4.78 is 7.62. The van der Waals surface area contributed by atoms with Crippen LogP contribution in [-0.4, -0.2) is 20.6 Å². The van der Waals surface area contributed by atoms with Crippen LogP contribution in [-0.2, 0) is 0 Å². The fourth-order valence-corrected chi connectivity index (χ4v) is 3.42. The van der Waals surface area contributed by atoms with Crippen LogP contribution in [0.1, 0.15) is 10.4 Å². The van der Waals surface area contributed by atoms with Crippen molar-refractivity contribution in [3.63, 3.8) is 0 Å². The zero-order valence-electron chi connectivity index (χ0n) is 16.7. The van der Waals surface area contributed by atoms with Gasteiger partial charge in [-0.2, -0.15) is 4.68 Å². The Morgan fingerprint density at radius 1 is 1.09 bits per heavy atom. The van der Waals surface area contributed by atoms with Gasteiger partial charge in [0.1, 0.15) is 0 Å². The standard InChI is InChI=1S/C22H14BrN5O4S/c23-16-8-4-7-15(13-16)19-26-27(21(29)14-5-2-1-3-6-14)22(33)20(32-19)25-24-17-9-11-18(12-10-17)28(30)31/h1-13,24H/b25-20-. The number of rotatable bonds is 5. The Labute approximate surface area is 200 Å². The van der Waals surface area contributed by atoms with Gasteiger partial charge < -0.3 is 4.42 Å². The van der Waals surface area contributed by atoms with E-state index in [0.717, 1.165) is 9.15 Å². The van der Waals surface area contributed by atoms with Crippen LogP contribution < -0.4 is 11.0 Å². The minimum atomic E-state index is -0.497. The Hall–Kier alpha value is -3.96. The first-order chi connectivity index (χ1) is 15.9. The number of benzene rings is 3. The van der Waals surface area contributed by atoms with E-state index in [4.69, 9.17) is 16.6 Å². The maximum Gasteiger partial charge on any atom is 0.279 e. The lowest BCUT2D eigenvalue weighted by molar-refractivity contribution is -0.384.